The maximum Gasteiger partial charge on any atom is 0.306 e. The van der Waals surface area contributed by atoms with E-state index in [1.54, 1.807) is 0 Å². The predicted molar refractivity (Wildman–Crippen MR) is 348 cm³/mol. The second kappa shape index (κ2) is 67.8. The first-order chi connectivity index (χ1) is 39.5. The largest absolute Gasteiger partial charge is 0.462 e. The van der Waals surface area contributed by atoms with Crippen molar-refractivity contribution >= 4 is 17.9 Å². The number of carbonyl (C=O) groups is 3. The molecule has 0 saturated carbocycles. The number of rotatable bonds is 62. The third kappa shape index (κ3) is 65.1. The smallest absolute Gasteiger partial charge is 0.306 e. The van der Waals surface area contributed by atoms with Gasteiger partial charge >= 0.3 is 17.9 Å². The van der Waals surface area contributed by atoms with E-state index in [1.165, 1.54) is 161 Å². The molecule has 0 amide bonds. The Morgan fingerprint density at radius 1 is 0.263 bits per heavy atom. The van der Waals surface area contributed by atoms with Crippen molar-refractivity contribution in [2.75, 3.05) is 13.2 Å². The van der Waals surface area contributed by atoms with Crippen molar-refractivity contribution < 1.29 is 28.6 Å². The van der Waals surface area contributed by atoms with Crippen LogP contribution in [0.3, 0.4) is 0 Å². The Hall–Kier alpha value is -3.67. The van der Waals surface area contributed by atoms with Gasteiger partial charge in [-0.1, -0.05) is 317 Å². The number of esters is 3. The van der Waals surface area contributed by atoms with Gasteiger partial charge in [0.05, 0.1) is 0 Å². The third-order valence-corrected chi connectivity index (χ3v) is 14.8. The van der Waals surface area contributed by atoms with E-state index in [9.17, 15) is 14.4 Å². The van der Waals surface area contributed by atoms with Crippen LogP contribution in [0.4, 0.5) is 0 Å². The summed E-state index contributed by atoms with van der Waals surface area (Å²) in [4.78, 5) is 38.4. The van der Waals surface area contributed by atoms with Crippen molar-refractivity contribution in [2.45, 2.75) is 341 Å². The van der Waals surface area contributed by atoms with Gasteiger partial charge in [-0.3, -0.25) is 14.4 Å². The lowest BCUT2D eigenvalue weighted by Crippen LogP contribution is -2.30. The SMILES string of the molecule is CC/C=C\C/C=C\C/C=C\C/C=C\C/C=C\CCCCCCCCCCCC(=O)OCC(COC(=O)CCCCCCC/C=C\C/C=C\C/C=C\CC)OC(=O)CCCCCCCCCCCCCCCCCCCCCCCC. The quantitative estimate of drug-likeness (QED) is 0.0261. The zero-order valence-corrected chi connectivity index (χ0v) is 52.8. The van der Waals surface area contributed by atoms with Gasteiger partial charge in [0.1, 0.15) is 13.2 Å². The van der Waals surface area contributed by atoms with Crippen LogP contribution in [-0.2, 0) is 28.6 Å². The Kier molecular flexibility index (Phi) is 64.7. The summed E-state index contributed by atoms with van der Waals surface area (Å²) in [5.41, 5.74) is 0. The highest BCUT2D eigenvalue weighted by Gasteiger charge is 2.19. The van der Waals surface area contributed by atoms with Gasteiger partial charge < -0.3 is 14.2 Å². The lowest BCUT2D eigenvalue weighted by atomic mass is 10.0. The summed E-state index contributed by atoms with van der Waals surface area (Å²) in [5.74, 6) is -0.890. The molecule has 80 heavy (non-hydrogen) atoms. The second-order valence-corrected chi connectivity index (χ2v) is 22.7. The first kappa shape index (κ1) is 76.3. The van der Waals surface area contributed by atoms with E-state index in [-0.39, 0.29) is 31.1 Å². The van der Waals surface area contributed by atoms with Gasteiger partial charge in [-0.15, -0.1) is 0 Å². The van der Waals surface area contributed by atoms with Crippen LogP contribution in [0.2, 0.25) is 0 Å². The van der Waals surface area contributed by atoms with Crippen molar-refractivity contribution in [3.63, 3.8) is 0 Å². The Morgan fingerprint density at radius 2 is 0.487 bits per heavy atom. The van der Waals surface area contributed by atoms with E-state index in [1.807, 2.05) is 0 Å². The number of unbranched alkanes of at least 4 members (excludes halogenated alkanes) is 35. The van der Waals surface area contributed by atoms with Crippen molar-refractivity contribution in [1.29, 1.82) is 0 Å². The fourth-order valence-electron chi connectivity index (χ4n) is 9.78. The highest BCUT2D eigenvalue weighted by molar-refractivity contribution is 5.71. The molecule has 6 nitrogen and oxygen atoms in total. The fourth-order valence-corrected chi connectivity index (χ4v) is 9.78. The molecule has 0 aliphatic heterocycles. The molecule has 0 aromatic heterocycles. The van der Waals surface area contributed by atoms with E-state index in [2.05, 4.69) is 118 Å². The Balaban J connectivity index is 4.34. The molecule has 0 fully saturated rings. The molecule has 0 aromatic rings. The minimum atomic E-state index is -0.788. The lowest BCUT2D eigenvalue weighted by Gasteiger charge is -2.18. The molecule has 0 aliphatic carbocycles. The summed E-state index contributed by atoms with van der Waals surface area (Å²) >= 11 is 0. The molecule has 0 radical (unpaired) electrons. The zero-order valence-electron chi connectivity index (χ0n) is 52.8. The Morgan fingerprint density at radius 3 is 0.762 bits per heavy atom. The summed E-state index contributed by atoms with van der Waals surface area (Å²) in [5, 5.41) is 0. The van der Waals surface area contributed by atoms with E-state index >= 15 is 0 Å². The highest BCUT2D eigenvalue weighted by atomic mass is 16.6. The van der Waals surface area contributed by atoms with E-state index in [4.69, 9.17) is 14.2 Å². The van der Waals surface area contributed by atoms with Crippen molar-refractivity contribution in [1.82, 2.24) is 0 Å². The molecule has 0 rings (SSSR count). The van der Waals surface area contributed by atoms with Gasteiger partial charge in [0, 0.05) is 19.3 Å². The molecule has 1 unspecified atom stereocenters. The van der Waals surface area contributed by atoms with Crippen LogP contribution in [0.25, 0.3) is 0 Å². The topological polar surface area (TPSA) is 78.9 Å². The minimum Gasteiger partial charge on any atom is -0.462 e. The van der Waals surface area contributed by atoms with Gasteiger partial charge in [0.2, 0.25) is 0 Å². The molecular weight excluding hydrogens is 985 g/mol. The summed E-state index contributed by atoms with van der Waals surface area (Å²) in [6.45, 7) is 6.44. The van der Waals surface area contributed by atoms with Crippen LogP contribution in [0.1, 0.15) is 335 Å². The zero-order chi connectivity index (χ0) is 57.8. The van der Waals surface area contributed by atoms with Crippen molar-refractivity contribution in [3.05, 3.63) is 97.2 Å². The standard InChI is InChI=1S/C74H128O6/c1-4-7-10-13-16-19-22-25-28-30-32-34-36-37-38-40-41-43-46-49-52-55-58-61-64-67-73(76)79-70-71(69-78-72(75)66-63-60-57-54-51-48-45-27-24-21-18-15-12-9-6-3)80-74(77)68-65-62-59-56-53-50-47-44-42-39-35-33-31-29-26-23-20-17-14-11-8-5-2/h7,9-10,12,16,18-19,21,25,27-28,32,34,37-38,45,71H,4-6,8,11,13-15,17,20,22-24,26,29-31,33,35-36,39-44,46-70H2,1-3H3/b10-7-,12-9-,19-16-,21-18-,28-25-,34-32-,38-37-,45-27-. The van der Waals surface area contributed by atoms with Gasteiger partial charge in [-0.2, -0.15) is 0 Å². The second-order valence-electron chi connectivity index (χ2n) is 22.7. The molecule has 460 valence electrons. The van der Waals surface area contributed by atoms with Crippen LogP contribution < -0.4 is 0 Å². The Bertz CT molecular complexity index is 1560. The maximum atomic E-state index is 13.0. The summed E-state index contributed by atoms with van der Waals surface area (Å²) in [6, 6.07) is 0. The fraction of sp³-hybridized carbons (Fsp3) is 0.743. The molecule has 0 aliphatic rings. The average molecular weight is 1110 g/mol. The molecule has 0 saturated heterocycles. The van der Waals surface area contributed by atoms with Crippen LogP contribution in [0.5, 0.6) is 0 Å². The molecule has 0 aromatic carbocycles. The number of hydrogen-bond donors (Lipinski definition) is 0. The normalized spacial score (nSPS) is 12.7. The number of hydrogen-bond acceptors (Lipinski definition) is 6. The Labute approximate surface area is 496 Å². The van der Waals surface area contributed by atoms with Gasteiger partial charge in [-0.05, 0) is 96.3 Å². The highest BCUT2D eigenvalue weighted by Crippen LogP contribution is 2.17. The molecule has 6 heteroatoms. The van der Waals surface area contributed by atoms with Gasteiger partial charge in [0.15, 0.2) is 6.10 Å². The van der Waals surface area contributed by atoms with Crippen molar-refractivity contribution in [2.24, 2.45) is 0 Å². The first-order valence-electron chi connectivity index (χ1n) is 34.2. The third-order valence-electron chi connectivity index (χ3n) is 14.8. The molecule has 0 spiro atoms. The average Bonchev–Trinajstić information content (AvgIpc) is 3.46. The molecular formula is C74H128O6. The van der Waals surface area contributed by atoms with Crippen LogP contribution >= 0.6 is 0 Å². The van der Waals surface area contributed by atoms with Crippen LogP contribution in [-0.4, -0.2) is 37.2 Å². The minimum absolute atomic E-state index is 0.0840. The van der Waals surface area contributed by atoms with Crippen LogP contribution in [0.15, 0.2) is 97.2 Å². The number of allylic oxidation sites excluding steroid dienone is 16. The molecule has 0 bridgehead atoms. The van der Waals surface area contributed by atoms with Crippen molar-refractivity contribution in [3.8, 4) is 0 Å². The lowest BCUT2D eigenvalue weighted by molar-refractivity contribution is -0.167. The van der Waals surface area contributed by atoms with E-state index in [0.717, 1.165) is 135 Å². The van der Waals surface area contributed by atoms with E-state index in [0.29, 0.717) is 19.3 Å². The number of carbonyl (C=O) groups excluding carboxylic acids is 3. The van der Waals surface area contributed by atoms with Gasteiger partial charge in [0.25, 0.3) is 0 Å². The molecule has 0 heterocycles. The summed E-state index contributed by atoms with van der Waals surface area (Å²) < 4.78 is 17.0. The first-order valence-corrected chi connectivity index (χ1v) is 34.2. The monoisotopic (exact) mass is 1110 g/mol. The summed E-state index contributed by atoms with van der Waals surface area (Å²) in [6.07, 6.45) is 91.4. The molecule has 1 atom stereocenters. The predicted octanol–water partition coefficient (Wildman–Crippen LogP) is 23.6. The van der Waals surface area contributed by atoms with Gasteiger partial charge in [-0.25, -0.2) is 0 Å². The summed E-state index contributed by atoms with van der Waals surface area (Å²) in [7, 11) is 0. The molecule has 0 N–H and O–H groups in total. The number of ether oxygens (including phenoxy) is 3. The maximum absolute atomic E-state index is 13.0. The van der Waals surface area contributed by atoms with Crippen LogP contribution in [0, 0.1) is 0 Å². The van der Waals surface area contributed by atoms with E-state index < -0.39 is 6.10 Å².